The molecule has 0 saturated heterocycles. The fourth-order valence-electron chi connectivity index (χ4n) is 2.92. The van der Waals surface area contributed by atoms with E-state index in [4.69, 9.17) is 0 Å². The first kappa shape index (κ1) is 12.0. The molecule has 2 atom stereocenters. The summed E-state index contributed by atoms with van der Waals surface area (Å²) in [5.74, 6) is 1.74. The molecular formula is C15H20N2S. The number of anilines is 1. The van der Waals surface area contributed by atoms with Crippen LogP contribution in [0, 0.1) is 11.8 Å². The SMILES string of the molecule is CC1CCCC(CNc2nc3ccccc3s2)C1. The van der Waals surface area contributed by atoms with E-state index in [0.717, 1.165) is 29.0 Å². The van der Waals surface area contributed by atoms with Crippen molar-refractivity contribution >= 4 is 26.7 Å². The first-order valence-electron chi connectivity index (χ1n) is 6.90. The monoisotopic (exact) mass is 260 g/mol. The van der Waals surface area contributed by atoms with Gasteiger partial charge < -0.3 is 5.32 Å². The number of aromatic nitrogens is 1. The quantitative estimate of drug-likeness (QED) is 0.876. The van der Waals surface area contributed by atoms with Crippen LogP contribution in [-0.4, -0.2) is 11.5 Å². The molecular weight excluding hydrogens is 240 g/mol. The van der Waals surface area contributed by atoms with Gasteiger partial charge in [-0.25, -0.2) is 4.98 Å². The molecule has 0 amide bonds. The lowest BCUT2D eigenvalue weighted by molar-refractivity contribution is 0.293. The Morgan fingerprint density at radius 2 is 2.22 bits per heavy atom. The minimum atomic E-state index is 0.834. The number of nitrogens with one attached hydrogen (secondary N) is 1. The summed E-state index contributed by atoms with van der Waals surface area (Å²) in [6.07, 6.45) is 5.56. The molecule has 96 valence electrons. The Morgan fingerprint density at radius 3 is 3.06 bits per heavy atom. The third-order valence-electron chi connectivity index (χ3n) is 3.88. The first-order valence-corrected chi connectivity index (χ1v) is 7.72. The predicted molar refractivity (Wildman–Crippen MR) is 79.2 cm³/mol. The molecule has 2 aromatic rings. The van der Waals surface area contributed by atoms with E-state index in [2.05, 4.69) is 41.5 Å². The van der Waals surface area contributed by atoms with E-state index in [1.54, 1.807) is 11.3 Å². The van der Waals surface area contributed by atoms with Crippen molar-refractivity contribution in [2.75, 3.05) is 11.9 Å². The van der Waals surface area contributed by atoms with Crippen LogP contribution in [0.5, 0.6) is 0 Å². The van der Waals surface area contributed by atoms with E-state index in [1.165, 1.54) is 30.4 Å². The summed E-state index contributed by atoms with van der Waals surface area (Å²) >= 11 is 1.76. The number of rotatable bonds is 3. The number of hydrogen-bond donors (Lipinski definition) is 1. The van der Waals surface area contributed by atoms with Crippen LogP contribution in [0.15, 0.2) is 24.3 Å². The minimum Gasteiger partial charge on any atom is -0.361 e. The zero-order chi connectivity index (χ0) is 12.4. The largest absolute Gasteiger partial charge is 0.361 e. The Hall–Kier alpha value is -1.09. The summed E-state index contributed by atoms with van der Waals surface area (Å²) in [5, 5.41) is 4.61. The Bertz CT molecular complexity index is 487. The maximum Gasteiger partial charge on any atom is 0.183 e. The lowest BCUT2D eigenvalue weighted by Crippen LogP contribution is -2.20. The van der Waals surface area contributed by atoms with Crippen molar-refractivity contribution in [1.29, 1.82) is 0 Å². The van der Waals surface area contributed by atoms with Crippen LogP contribution in [0.1, 0.15) is 32.6 Å². The van der Waals surface area contributed by atoms with Crippen molar-refractivity contribution in [3.05, 3.63) is 24.3 Å². The van der Waals surface area contributed by atoms with E-state index in [9.17, 15) is 0 Å². The van der Waals surface area contributed by atoms with E-state index >= 15 is 0 Å². The molecule has 0 aliphatic heterocycles. The lowest BCUT2D eigenvalue weighted by atomic mass is 9.82. The van der Waals surface area contributed by atoms with Gasteiger partial charge in [0.1, 0.15) is 0 Å². The highest BCUT2D eigenvalue weighted by Gasteiger charge is 2.18. The van der Waals surface area contributed by atoms with Gasteiger partial charge in [-0.05, 0) is 36.8 Å². The number of thiazole rings is 1. The van der Waals surface area contributed by atoms with Crippen molar-refractivity contribution in [3.8, 4) is 0 Å². The standard InChI is InChI=1S/C15H20N2S/c1-11-5-4-6-12(9-11)10-16-15-17-13-7-2-3-8-14(13)18-15/h2-3,7-8,11-12H,4-6,9-10H2,1H3,(H,16,17). The maximum atomic E-state index is 4.62. The molecule has 1 saturated carbocycles. The van der Waals surface area contributed by atoms with E-state index in [0.29, 0.717) is 0 Å². The Balaban J connectivity index is 1.62. The second-order valence-corrected chi connectivity index (χ2v) is 6.54. The topological polar surface area (TPSA) is 24.9 Å². The number of benzene rings is 1. The third kappa shape index (κ3) is 2.66. The van der Waals surface area contributed by atoms with E-state index in [-0.39, 0.29) is 0 Å². The average molecular weight is 260 g/mol. The summed E-state index contributed by atoms with van der Waals surface area (Å²) < 4.78 is 1.28. The van der Waals surface area contributed by atoms with Crippen LogP contribution in [0.4, 0.5) is 5.13 Å². The van der Waals surface area contributed by atoms with Gasteiger partial charge in [0.05, 0.1) is 10.2 Å². The highest BCUT2D eigenvalue weighted by atomic mass is 32.1. The van der Waals surface area contributed by atoms with Gasteiger partial charge in [-0.1, -0.05) is 43.2 Å². The van der Waals surface area contributed by atoms with Crippen LogP contribution in [0.25, 0.3) is 10.2 Å². The Morgan fingerprint density at radius 1 is 1.33 bits per heavy atom. The second kappa shape index (κ2) is 5.27. The predicted octanol–water partition coefficient (Wildman–Crippen LogP) is 4.53. The van der Waals surface area contributed by atoms with Gasteiger partial charge >= 0.3 is 0 Å². The number of fused-ring (bicyclic) bond motifs is 1. The van der Waals surface area contributed by atoms with Crippen molar-refractivity contribution < 1.29 is 0 Å². The van der Waals surface area contributed by atoms with Crippen molar-refractivity contribution in [2.45, 2.75) is 32.6 Å². The van der Waals surface area contributed by atoms with Gasteiger partial charge in [0.25, 0.3) is 0 Å². The highest BCUT2D eigenvalue weighted by molar-refractivity contribution is 7.22. The van der Waals surface area contributed by atoms with Crippen LogP contribution in [-0.2, 0) is 0 Å². The molecule has 1 aliphatic rings. The fraction of sp³-hybridized carbons (Fsp3) is 0.533. The molecule has 3 heteroatoms. The maximum absolute atomic E-state index is 4.62. The summed E-state index contributed by atoms with van der Waals surface area (Å²) in [5.41, 5.74) is 1.11. The fourth-order valence-corrected chi connectivity index (χ4v) is 3.80. The summed E-state index contributed by atoms with van der Waals surface area (Å²) in [7, 11) is 0. The van der Waals surface area contributed by atoms with Gasteiger partial charge in [0.2, 0.25) is 0 Å². The average Bonchev–Trinajstić information content (AvgIpc) is 2.79. The molecule has 1 aromatic carbocycles. The van der Waals surface area contributed by atoms with Gasteiger partial charge in [-0.2, -0.15) is 0 Å². The summed E-state index contributed by atoms with van der Waals surface area (Å²) in [4.78, 5) is 4.62. The Kier molecular flexibility index (Phi) is 3.50. The van der Waals surface area contributed by atoms with Crippen molar-refractivity contribution in [1.82, 2.24) is 4.98 Å². The smallest absolute Gasteiger partial charge is 0.183 e. The first-order chi connectivity index (χ1) is 8.81. The van der Waals surface area contributed by atoms with Crippen LogP contribution in [0.2, 0.25) is 0 Å². The number of hydrogen-bond acceptors (Lipinski definition) is 3. The molecule has 0 radical (unpaired) electrons. The van der Waals surface area contributed by atoms with Crippen LogP contribution in [0.3, 0.4) is 0 Å². The molecule has 0 bridgehead atoms. The molecule has 1 N–H and O–H groups in total. The van der Waals surface area contributed by atoms with E-state index < -0.39 is 0 Å². The molecule has 18 heavy (non-hydrogen) atoms. The van der Waals surface area contributed by atoms with Crippen molar-refractivity contribution in [2.24, 2.45) is 11.8 Å². The minimum absolute atomic E-state index is 0.834. The zero-order valence-corrected chi connectivity index (χ0v) is 11.7. The summed E-state index contributed by atoms with van der Waals surface area (Å²) in [6.45, 7) is 3.47. The molecule has 1 fully saturated rings. The van der Waals surface area contributed by atoms with Crippen molar-refractivity contribution in [3.63, 3.8) is 0 Å². The molecule has 1 aromatic heterocycles. The van der Waals surface area contributed by atoms with E-state index in [1.807, 2.05) is 0 Å². The van der Waals surface area contributed by atoms with Gasteiger partial charge in [-0.15, -0.1) is 0 Å². The number of para-hydroxylation sites is 1. The lowest BCUT2D eigenvalue weighted by Gasteiger charge is -2.26. The number of nitrogens with zero attached hydrogens (tertiary/aromatic N) is 1. The highest BCUT2D eigenvalue weighted by Crippen LogP contribution is 2.30. The molecule has 1 heterocycles. The normalized spacial score (nSPS) is 24.3. The zero-order valence-electron chi connectivity index (χ0n) is 10.9. The molecule has 2 unspecified atom stereocenters. The van der Waals surface area contributed by atoms with Gasteiger partial charge in [-0.3, -0.25) is 0 Å². The van der Waals surface area contributed by atoms with Gasteiger partial charge in [0, 0.05) is 6.54 Å². The summed E-state index contributed by atoms with van der Waals surface area (Å²) in [6, 6.07) is 8.35. The van der Waals surface area contributed by atoms with Crippen LogP contribution < -0.4 is 5.32 Å². The molecule has 1 aliphatic carbocycles. The third-order valence-corrected chi connectivity index (χ3v) is 4.87. The van der Waals surface area contributed by atoms with Crippen LogP contribution >= 0.6 is 11.3 Å². The Labute approximate surface area is 112 Å². The molecule has 3 rings (SSSR count). The molecule has 0 spiro atoms. The molecule has 2 nitrogen and oxygen atoms in total. The second-order valence-electron chi connectivity index (χ2n) is 5.51. The van der Waals surface area contributed by atoms with Gasteiger partial charge in [0.15, 0.2) is 5.13 Å².